The Kier molecular flexibility index (Phi) is 6.30. The van der Waals surface area contributed by atoms with Gasteiger partial charge in [-0.05, 0) is 50.5 Å². The topological polar surface area (TPSA) is 117 Å². The molecule has 1 aromatic rings. The summed E-state index contributed by atoms with van der Waals surface area (Å²) in [5, 5.41) is 8.47. The van der Waals surface area contributed by atoms with Gasteiger partial charge in [0.15, 0.2) is 0 Å². The third-order valence-electron chi connectivity index (χ3n) is 5.89. The number of hydrogen-bond donors (Lipinski definition) is 3. The Bertz CT molecular complexity index is 1210. The second-order valence-electron chi connectivity index (χ2n) is 8.20. The Morgan fingerprint density at radius 1 is 1.21 bits per heavy atom. The average molecular weight is 450 g/mol. The first kappa shape index (κ1) is 22.3. The number of nitrogens with one attached hydrogen (secondary N) is 3. The second-order valence-corrected chi connectivity index (χ2v) is 8.20. The largest absolute Gasteiger partial charge is 0.493 e. The molecule has 0 bridgehead atoms. The number of allylic oxidation sites excluding steroid dienone is 4. The molecule has 9 nitrogen and oxygen atoms in total. The van der Waals surface area contributed by atoms with E-state index in [2.05, 4.69) is 16.0 Å². The van der Waals surface area contributed by atoms with Crippen molar-refractivity contribution in [3.8, 4) is 0 Å². The van der Waals surface area contributed by atoms with Crippen molar-refractivity contribution in [1.82, 2.24) is 10.2 Å². The van der Waals surface area contributed by atoms with E-state index in [4.69, 9.17) is 4.74 Å². The zero-order valence-corrected chi connectivity index (χ0v) is 18.6. The van der Waals surface area contributed by atoms with Crippen LogP contribution in [0.2, 0.25) is 0 Å². The molecule has 33 heavy (non-hydrogen) atoms. The molecule has 0 radical (unpaired) electrons. The van der Waals surface area contributed by atoms with Crippen LogP contribution in [0.3, 0.4) is 0 Å². The highest BCUT2D eigenvalue weighted by atomic mass is 16.5. The Morgan fingerprint density at radius 3 is 2.73 bits per heavy atom. The first-order valence-corrected chi connectivity index (χ1v) is 10.9. The van der Waals surface area contributed by atoms with Crippen LogP contribution >= 0.6 is 0 Å². The molecule has 3 aliphatic rings. The maximum atomic E-state index is 13.2. The zero-order valence-electron chi connectivity index (χ0n) is 18.6. The van der Waals surface area contributed by atoms with E-state index in [-0.39, 0.29) is 23.4 Å². The summed E-state index contributed by atoms with van der Waals surface area (Å²) in [7, 11) is 0. The number of amides is 2. The minimum atomic E-state index is -0.605. The van der Waals surface area contributed by atoms with Crippen LogP contribution in [0, 0.1) is 0 Å². The van der Waals surface area contributed by atoms with Crippen LogP contribution in [0.25, 0.3) is 0 Å². The summed E-state index contributed by atoms with van der Waals surface area (Å²) >= 11 is 0. The number of nitrogens with zero attached hydrogens (tertiary/aromatic N) is 1. The number of anilines is 2. The maximum Gasteiger partial charge on any atom is 0.260 e. The lowest BCUT2D eigenvalue weighted by molar-refractivity contribution is -0.123. The maximum absolute atomic E-state index is 13.2. The molecular weight excluding hydrogens is 424 g/mol. The summed E-state index contributed by atoms with van der Waals surface area (Å²) in [6.07, 6.45) is 11.7. The summed E-state index contributed by atoms with van der Waals surface area (Å²) in [5.74, 6) is 0.574. The van der Waals surface area contributed by atoms with E-state index in [9.17, 15) is 19.2 Å². The van der Waals surface area contributed by atoms with Gasteiger partial charge in [-0.1, -0.05) is 6.08 Å². The highest BCUT2D eigenvalue weighted by molar-refractivity contribution is 6.03. The lowest BCUT2D eigenvalue weighted by atomic mass is 9.96. The van der Waals surface area contributed by atoms with Gasteiger partial charge in [0.25, 0.3) is 16.8 Å². The third-order valence-corrected chi connectivity index (χ3v) is 5.89. The molecule has 9 heteroatoms. The zero-order chi connectivity index (χ0) is 23.5. The van der Waals surface area contributed by atoms with E-state index in [0.717, 1.165) is 36.3 Å². The van der Waals surface area contributed by atoms with Gasteiger partial charge in [0.1, 0.15) is 17.1 Å². The van der Waals surface area contributed by atoms with Gasteiger partial charge in [0, 0.05) is 30.6 Å². The van der Waals surface area contributed by atoms with Crippen LogP contribution in [-0.4, -0.2) is 36.4 Å². The fourth-order valence-electron chi connectivity index (χ4n) is 4.16. The standard InChI is InChI=1S/C24H26N4O5/c1-14(5-4-10-25-13-29)28-12-16-6-3-7-18(19(16)24(28)32)27-21-20(22(30)23(21)31)26-11-17-9-8-15(2)33-17/h4-5,7,9-10,13,15,26-27H,3,6,8,11-12H2,1-2H3,(H,25,29)/b10-4-,14-5+. The van der Waals surface area contributed by atoms with Crippen LogP contribution < -0.4 is 26.8 Å². The highest BCUT2D eigenvalue weighted by Gasteiger charge is 2.35. The third kappa shape index (κ3) is 4.39. The quantitative estimate of drug-likeness (QED) is 0.298. The van der Waals surface area contributed by atoms with E-state index < -0.39 is 10.9 Å². The van der Waals surface area contributed by atoms with Gasteiger partial charge in [-0.2, -0.15) is 0 Å². The first-order valence-electron chi connectivity index (χ1n) is 10.9. The van der Waals surface area contributed by atoms with Crippen LogP contribution in [0.1, 0.15) is 33.1 Å². The molecule has 2 amide bonds. The number of hydrogen-bond acceptors (Lipinski definition) is 7. The van der Waals surface area contributed by atoms with Crippen molar-refractivity contribution >= 4 is 23.7 Å². The molecule has 0 spiro atoms. The van der Waals surface area contributed by atoms with Crippen LogP contribution in [0.15, 0.2) is 68.4 Å². The summed E-state index contributed by atoms with van der Waals surface area (Å²) < 4.78 is 5.63. The van der Waals surface area contributed by atoms with E-state index in [1.165, 1.54) is 6.20 Å². The molecule has 3 N–H and O–H groups in total. The SMILES string of the molecule is C/C(=C\C=C/NC=O)N1CC2=C(C1=O)C(Nc1c(NCC3=CCC(C)O3)c(=O)c1=O)=CCC2. The van der Waals surface area contributed by atoms with Crippen molar-refractivity contribution in [2.24, 2.45) is 0 Å². The molecule has 1 aliphatic carbocycles. The van der Waals surface area contributed by atoms with Gasteiger partial charge < -0.3 is 25.6 Å². The van der Waals surface area contributed by atoms with E-state index in [1.54, 1.807) is 17.1 Å². The Morgan fingerprint density at radius 2 is 2.00 bits per heavy atom. The number of carbonyl (C=O) groups is 2. The Labute approximate surface area is 190 Å². The van der Waals surface area contributed by atoms with Crippen molar-refractivity contribution < 1.29 is 14.3 Å². The van der Waals surface area contributed by atoms with E-state index in [0.29, 0.717) is 30.8 Å². The molecule has 172 valence electrons. The first-order chi connectivity index (χ1) is 15.9. The fourth-order valence-corrected chi connectivity index (χ4v) is 4.16. The average Bonchev–Trinajstić information content (AvgIpc) is 3.38. The Hall–Kier alpha value is -3.88. The smallest absolute Gasteiger partial charge is 0.260 e. The number of carbonyl (C=O) groups excluding carboxylic acids is 2. The molecule has 1 atom stereocenters. The second kappa shape index (κ2) is 9.32. The highest BCUT2D eigenvalue weighted by Crippen LogP contribution is 2.35. The van der Waals surface area contributed by atoms with Crippen molar-refractivity contribution in [3.05, 3.63) is 79.3 Å². The van der Waals surface area contributed by atoms with Gasteiger partial charge in [0.05, 0.1) is 18.2 Å². The molecule has 2 aliphatic heterocycles. The van der Waals surface area contributed by atoms with Crippen molar-refractivity contribution in [3.63, 3.8) is 0 Å². The molecule has 4 rings (SSSR count). The van der Waals surface area contributed by atoms with Gasteiger partial charge >= 0.3 is 0 Å². The predicted molar refractivity (Wildman–Crippen MR) is 125 cm³/mol. The van der Waals surface area contributed by atoms with Crippen molar-refractivity contribution in [1.29, 1.82) is 0 Å². The van der Waals surface area contributed by atoms with E-state index in [1.807, 2.05) is 26.0 Å². The summed E-state index contributed by atoms with van der Waals surface area (Å²) in [6, 6.07) is 0. The van der Waals surface area contributed by atoms with Crippen molar-refractivity contribution in [2.75, 3.05) is 23.7 Å². The minimum absolute atomic E-state index is 0.107. The normalized spacial score (nSPS) is 20.7. The van der Waals surface area contributed by atoms with Crippen LogP contribution in [0.4, 0.5) is 11.4 Å². The van der Waals surface area contributed by atoms with Gasteiger partial charge in [0.2, 0.25) is 6.41 Å². The fraction of sp³-hybridized carbons (Fsp3) is 0.333. The Balaban J connectivity index is 1.48. The number of rotatable bonds is 9. The van der Waals surface area contributed by atoms with Gasteiger partial charge in [-0.3, -0.25) is 19.2 Å². The predicted octanol–water partition coefficient (Wildman–Crippen LogP) is 1.78. The lowest BCUT2D eigenvalue weighted by Gasteiger charge is -2.20. The monoisotopic (exact) mass is 450 g/mol. The summed E-state index contributed by atoms with van der Waals surface area (Å²) in [6.45, 7) is 4.56. The van der Waals surface area contributed by atoms with Gasteiger partial charge in [-0.25, -0.2) is 0 Å². The summed E-state index contributed by atoms with van der Waals surface area (Å²) in [4.78, 5) is 49.6. The molecule has 1 aromatic carbocycles. The molecular formula is C24H26N4O5. The van der Waals surface area contributed by atoms with Crippen molar-refractivity contribution in [2.45, 2.75) is 39.2 Å². The number of ether oxygens (including phenoxy) is 1. The molecule has 1 unspecified atom stereocenters. The minimum Gasteiger partial charge on any atom is -0.493 e. The molecule has 0 saturated heterocycles. The lowest BCUT2D eigenvalue weighted by Crippen LogP contribution is -2.38. The van der Waals surface area contributed by atoms with E-state index >= 15 is 0 Å². The van der Waals surface area contributed by atoms with Crippen LogP contribution in [-0.2, 0) is 14.3 Å². The molecule has 0 saturated carbocycles. The molecule has 0 aromatic heterocycles. The van der Waals surface area contributed by atoms with Crippen LogP contribution in [0.5, 0.6) is 0 Å². The molecule has 0 fully saturated rings. The summed E-state index contributed by atoms with van der Waals surface area (Å²) in [5.41, 5.74) is 2.01. The molecule has 2 heterocycles. The van der Waals surface area contributed by atoms with Gasteiger partial charge in [-0.15, -0.1) is 0 Å².